The predicted octanol–water partition coefficient (Wildman–Crippen LogP) is 2.96. The summed E-state index contributed by atoms with van der Waals surface area (Å²) in [6, 6.07) is 16.3. The molecule has 1 atom stereocenters. The van der Waals surface area contributed by atoms with Gasteiger partial charge in [0.25, 0.3) is 5.69 Å². The topological polar surface area (TPSA) is 112 Å². The molecule has 0 aromatic heterocycles. The van der Waals surface area contributed by atoms with E-state index < -0.39 is 4.92 Å². The van der Waals surface area contributed by atoms with Crippen molar-refractivity contribution in [3.63, 3.8) is 0 Å². The molecule has 0 saturated heterocycles. The third kappa shape index (κ3) is 8.24. The molecule has 0 aliphatic rings. The number of anilines is 1. The Bertz CT molecular complexity index is 774. The molecule has 158 valence electrons. The van der Waals surface area contributed by atoms with Crippen LogP contribution in [-0.2, 0) is 0 Å². The number of aliphatic hydroxyl groups excluding tert-OH is 1. The monoisotopic (exact) mass is 513 g/mol. The Morgan fingerprint density at radius 1 is 1.10 bits per heavy atom. The Hall–Kier alpha value is -2.40. The summed E-state index contributed by atoms with van der Waals surface area (Å²) in [5.74, 6) is 0.572. The van der Waals surface area contributed by atoms with Crippen molar-refractivity contribution in [3.05, 3.63) is 70.3 Å². The second-order valence-electron chi connectivity index (χ2n) is 6.14. The van der Waals surface area contributed by atoms with Crippen LogP contribution < -0.4 is 16.0 Å². The van der Waals surface area contributed by atoms with Gasteiger partial charge in [0.15, 0.2) is 5.96 Å². The summed E-state index contributed by atoms with van der Waals surface area (Å²) in [5, 5.41) is 30.1. The number of para-hydroxylation sites is 2. The summed E-state index contributed by atoms with van der Waals surface area (Å²) in [4.78, 5) is 15.2. The van der Waals surface area contributed by atoms with E-state index in [-0.39, 0.29) is 42.2 Å². The molecule has 8 nitrogen and oxygen atoms in total. The van der Waals surface area contributed by atoms with E-state index in [1.165, 1.54) is 6.07 Å². The highest BCUT2D eigenvalue weighted by Gasteiger charge is 2.12. The van der Waals surface area contributed by atoms with E-state index in [0.717, 1.165) is 5.56 Å². The second kappa shape index (κ2) is 13.7. The molecule has 2 rings (SSSR count). The zero-order chi connectivity index (χ0) is 20.2. The summed E-state index contributed by atoms with van der Waals surface area (Å²) in [6.07, 6.45) is 0. The molecule has 29 heavy (non-hydrogen) atoms. The predicted molar refractivity (Wildman–Crippen MR) is 127 cm³/mol. The molecular weight excluding hydrogens is 485 g/mol. The van der Waals surface area contributed by atoms with Crippen molar-refractivity contribution >= 4 is 41.3 Å². The molecule has 2 aromatic carbocycles. The molecule has 0 heterocycles. The van der Waals surface area contributed by atoms with Crippen LogP contribution in [0.5, 0.6) is 0 Å². The third-order valence-corrected chi connectivity index (χ3v) is 4.14. The molecule has 0 bridgehead atoms. The van der Waals surface area contributed by atoms with Crippen LogP contribution in [0.1, 0.15) is 18.4 Å². The maximum atomic E-state index is 11.0. The van der Waals surface area contributed by atoms with Gasteiger partial charge >= 0.3 is 0 Å². The van der Waals surface area contributed by atoms with Gasteiger partial charge in [-0.1, -0.05) is 42.5 Å². The average molecular weight is 513 g/mol. The minimum Gasteiger partial charge on any atom is -0.396 e. The van der Waals surface area contributed by atoms with E-state index in [1.54, 1.807) is 18.2 Å². The first-order valence-electron chi connectivity index (χ1n) is 9.31. The quantitative estimate of drug-likeness (QED) is 0.0971. The molecule has 0 aliphatic heterocycles. The molecule has 0 aliphatic carbocycles. The standard InChI is InChI=1S/C20H27N5O3.HI/c1-2-21-20(24-14-17(15-26)16-8-4-3-5-9-16)23-13-12-22-18-10-6-7-11-19(18)25(27)28;/h3-11,17,22,26H,2,12-15H2,1H3,(H2,21,23,24);1H. The lowest BCUT2D eigenvalue weighted by Gasteiger charge is -2.15. The van der Waals surface area contributed by atoms with Crippen molar-refractivity contribution < 1.29 is 10.0 Å². The maximum absolute atomic E-state index is 11.0. The minimum atomic E-state index is -0.403. The van der Waals surface area contributed by atoms with Gasteiger partial charge in [0.05, 0.1) is 18.1 Å². The average Bonchev–Trinajstić information content (AvgIpc) is 2.72. The lowest BCUT2D eigenvalue weighted by atomic mass is 10.0. The highest BCUT2D eigenvalue weighted by Crippen LogP contribution is 2.22. The van der Waals surface area contributed by atoms with Gasteiger partial charge in [-0.25, -0.2) is 0 Å². The number of nitrogens with zero attached hydrogens (tertiary/aromatic N) is 2. The summed E-state index contributed by atoms with van der Waals surface area (Å²) in [5.41, 5.74) is 1.58. The number of benzene rings is 2. The van der Waals surface area contributed by atoms with Crippen LogP contribution in [0.4, 0.5) is 11.4 Å². The fourth-order valence-electron chi connectivity index (χ4n) is 2.70. The van der Waals surface area contributed by atoms with Crippen molar-refractivity contribution in [3.8, 4) is 0 Å². The Labute approximate surface area is 188 Å². The molecule has 9 heteroatoms. The van der Waals surface area contributed by atoms with Gasteiger partial charge < -0.3 is 21.1 Å². The van der Waals surface area contributed by atoms with Gasteiger partial charge in [-0.05, 0) is 18.6 Å². The summed E-state index contributed by atoms with van der Waals surface area (Å²) >= 11 is 0. The number of guanidine groups is 1. The zero-order valence-electron chi connectivity index (χ0n) is 16.4. The van der Waals surface area contributed by atoms with E-state index in [2.05, 4.69) is 20.9 Å². The fourth-order valence-corrected chi connectivity index (χ4v) is 2.70. The summed E-state index contributed by atoms with van der Waals surface area (Å²) in [6.45, 7) is 4.19. The van der Waals surface area contributed by atoms with Crippen LogP contribution in [-0.4, -0.2) is 48.8 Å². The largest absolute Gasteiger partial charge is 0.396 e. The number of hydrogen-bond acceptors (Lipinski definition) is 5. The van der Waals surface area contributed by atoms with Gasteiger partial charge in [-0.2, -0.15) is 0 Å². The smallest absolute Gasteiger partial charge is 0.292 e. The van der Waals surface area contributed by atoms with E-state index >= 15 is 0 Å². The van der Waals surface area contributed by atoms with Gasteiger partial charge in [0.1, 0.15) is 5.69 Å². The molecule has 2 aromatic rings. The highest BCUT2D eigenvalue weighted by atomic mass is 127. The van der Waals surface area contributed by atoms with Crippen LogP contribution in [0.3, 0.4) is 0 Å². The molecule has 0 fully saturated rings. The first kappa shape index (κ1) is 24.6. The van der Waals surface area contributed by atoms with Gasteiger partial charge in [0.2, 0.25) is 0 Å². The molecular formula is C20H28IN5O3. The van der Waals surface area contributed by atoms with Crippen molar-refractivity contribution in [1.29, 1.82) is 0 Å². The van der Waals surface area contributed by atoms with Crippen molar-refractivity contribution in [1.82, 2.24) is 10.6 Å². The molecule has 0 spiro atoms. The molecule has 4 N–H and O–H groups in total. The van der Waals surface area contributed by atoms with Gasteiger partial charge in [-0.15, -0.1) is 24.0 Å². The van der Waals surface area contributed by atoms with Crippen molar-refractivity contribution in [2.45, 2.75) is 12.8 Å². The number of aliphatic hydroxyl groups is 1. The Morgan fingerprint density at radius 2 is 1.79 bits per heavy atom. The third-order valence-electron chi connectivity index (χ3n) is 4.14. The summed E-state index contributed by atoms with van der Waals surface area (Å²) < 4.78 is 0. The minimum absolute atomic E-state index is 0. The van der Waals surface area contributed by atoms with Crippen LogP contribution in [0.2, 0.25) is 0 Å². The number of aliphatic imine (C=N–C) groups is 1. The first-order valence-corrected chi connectivity index (χ1v) is 9.31. The van der Waals surface area contributed by atoms with E-state index in [9.17, 15) is 15.2 Å². The molecule has 0 radical (unpaired) electrons. The zero-order valence-corrected chi connectivity index (χ0v) is 18.7. The van der Waals surface area contributed by atoms with E-state index in [4.69, 9.17) is 0 Å². The molecule has 1 unspecified atom stereocenters. The van der Waals surface area contributed by atoms with Crippen LogP contribution in [0.25, 0.3) is 0 Å². The highest BCUT2D eigenvalue weighted by molar-refractivity contribution is 14.0. The van der Waals surface area contributed by atoms with Crippen LogP contribution in [0, 0.1) is 10.1 Å². The Balaban J connectivity index is 0.00000420. The number of nitro groups is 1. The molecule has 0 amide bonds. The number of halogens is 1. The summed E-state index contributed by atoms with van der Waals surface area (Å²) in [7, 11) is 0. The lowest BCUT2D eigenvalue weighted by Crippen LogP contribution is -2.40. The first-order chi connectivity index (χ1) is 13.7. The fraction of sp³-hybridized carbons (Fsp3) is 0.350. The SMILES string of the molecule is CCNC(=NCC(CO)c1ccccc1)NCCNc1ccccc1[N+](=O)[O-].I. The Kier molecular flexibility index (Phi) is 11.7. The van der Waals surface area contributed by atoms with Crippen LogP contribution >= 0.6 is 24.0 Å². The number of hydrogen-bond donors (Lipinski definition) is 4. The van der Waals surface area contributed by atoms with Gasteiger partial charge in [0, 0.05) is 31.6 Å². The van der Waals surface area contributed by atoms with Crippen molar-refractivity contribution in [2.24, 2.45) is 4.99 Å². The lowest BCUT2D eigenvalue weighted by molar-refractivity contribution is -0.384. The maximum Gasteiger partial charge on any atom is 0.292 e. The Morgan fingerprint density at radius 3 is 2.45 bits per heavy atom. The normalized spacial score (nSPS) is 11.9. The molecule has 0 saturated carbocycles. The van der Waals surface area contributed by atoms with Crippen molar-refractivity contribution in [2.75, 3.05) is 38.1 Å². The van der Waals surface area contributed by atoms with E-state index in [0.29, 0.717) is 37.8 Å². The number of nitrogens with one attached hydrogen (secondary N) is 3. The number of rotatable bonds is 10. The van der Waals surface area contributed by atoms with E-state index in [1.807, 2.05) is 37.3 Å². The van der Waals surface area contributed by atoms with Gasteiger partial charge in [-0.3, -0.25) is 15.1 Å². The second-order valence-corrected chi connectivity index (χ2v) is 6.14. The van der Waals surface area contributed by atoms with Crippen LogP contribution in [0.15, 0.2) is 59.6 Å². The number of nitro benzene ring substituents is 1.